The lowest BCUT2D eigenvalue weighted by Crippen LogP contribution is -2.34. The molecule has 20 heavy (non-hydrogen) atoms. The molecule has 0 heterocycles. The molecule has 0 radical (unpaired) electrons. The van der Waals surface area contributed by atoms with Gasteiger partial charge in [0, 0.05) is 25.1 Å². The van der Waals surface area contributed by atoms with Gasteiger partial charge in [0.2, 0.25) is 0 Å². The molecule has 0 aliphatic heterocycles. The summed E-state index contributed by atoms with van der Waals surface area (Å²) in [5, 5.41) is 0. The number of hydrogen-bond donors (Lipinski definition) is 1. The molecule has 0 aromatic heterocycles. The van der Waals surface area contributed by atoms with Gasteiger partial charge in [-0.25, -0.2) is 0 Å². The molecule has 0 aliphatic carbocycles. The Hall–Kier alpha value is -1.62. The third-order valence-corrected chi connectivity index (χ3v) is 3.22. The van der Waals surface area contributed by atoms with Gasteiger partial charge in [-0.2, -0.15) is 0 Å². The number of amides is 1. The molecule has 0 atom stereocenters. The lowest BCUT2D eigenvalue weighted by Gasteiger charge is -2.22. The lowest BCUT2D eigenvalue weighted by atomic mass is 10.1. The molecule has 1 aromatic carbocycles. The highest BCUT2D eigenvalue weighted by molar-refractivity contribution is 7.80. The standard InChI is InChI=1S/C15H22N2O2S/c1-3-4-9-17(10-8-14(16)20)15(18)12-6-5-7-13(11-12)19-2/h5-7,11H,3-4,8-10H2,1-2H3,(H2,16,20). The highest BCUT2D eigenvalue weighted by Crippen LogP contribution is 2.15. The number of rotatable bonds is 8. The number of hydrogen-bond acceptors (Lipinski definition) is 3. The first-order valence-corrected chi connectivity index (χ1v) is 7.21. The van der Waals surface area contributed by atoms with E-state index < -0.39 is 0 Å². The molecule has 1 rings (SSSR count). The molecule has 4 nitrogen and oxygen atoms in total. The summed E-state index contributed by atoms with van der Waals surface area (Å²) in [6, 6.07) is 7.19. The Morgan fingerprint density at radius 1 is 1.40 bits per heavy atom. The predicted molar refractivity (Wildman–Crippen MR) is 85.2 cm³/mol. The number of unbranched alkanes of at least 4 members (excludes halogenated alkanes) is 1. The fraction of sp³-hybridized carbons (Fsp3) is 0.467. The maximum Gasteiger partial charge on any atom is 0.253 e. The topological polar surface area (TPSA) is 55.6 Å². The summed E-state index contributed by atoms with van der Waals surface area (Å²) in [6.45, 7) is 3.38. The van der Waals surface area contributed by atoms with Crippen LogP contribution in [0.5, 0.6) is 5.75 Å². The summed E-state index contributed by atoms with van der Waals surface area (Å²) < 4.78 is 5.15. The van der Waals surface area contributed by atoms with Crippen molar-refractivity contribution < 1.29 is 9.53 Å². The second-order valence-electron chi connectivity index (χ2n) is 4.59. The van der Waals surface area contributed by atoms with E-state index in [1.54, 1.807) is 24.1 Å². The van der Waals surface area contributed by atoms with Crippen molar-refractivity contribution >= 4 is 23.1 Å². The van der Waals surface area contributed by atoms with Gasteiger partial charge in [-0.1, -0.05) is 31.6 Å². The van der Waals surface area contributed by atoms with Crippen LogP contribution in [0.4, 0.5) is 0 Å². The van der Waals surface area contributed by atoms with Crippen LogP contribution in [0.2, 0.25) is 0 Å². The molecule has 0 bridgehead atoms. The van der Waals surface area contributed by atoms with Crippen LogP contribution in [-0.4, -0.2) is 36.0 Å². The van der Waals surface area contributed by atoms with Crippen molar-refractivity contribution in [2.45, 2.75) is 26.2 Å². The van der Waals surface area contributed by atoms with E-state index in [4.69, 9.17) is 22.7 Å². The van der Waals surface area contributed by atoms with Gasteiger partial charge < -0.3 is 15.4 Å². The van der Waals surface area contributed by atoms with Crippen molar-refractivity contribution in [3.05, 3.63) is 29.8 Å². The zero-order valence-electron chi connectivity index (χ0n) is 12.1. The number of benzene rings is 1. The Morgan fingerprint density at radius 2 is 2.15 bits per heavy atom. The molecule has 0 fully saturated rings. The number of nitrogens with two attached hydrogens (primary N) is 1. The first kappa shape index (κ1) is 16.4. The second-order valence-corrected chi connectivity index (χ2v) is 5.12. The number of thiocarbonyl (C=S) groups is 1. The normalized spacial score (nSPS) is 10.1. The third kappa shape index (κ3) is 5.17. The first-order chi connectivity index (χ1) is 9.58. The van der Waals surface area contributed by atoms with Crippen molar-refractivity contribution in [2.24, 2.45) is 5.73 Å². The third-order valence-electron chi connectivity index (χ3n) is 3.01. The molecular weight excluding hydrogens is 272 g/mol. The van der Waals surface area contributed by atoms with E-state index in [-0.39, 0.29) is 5.91 Å². The molecule has 110 valence electrons. The molecule has 1 amide bonds. The molecule has 5 heteroatoms. The fourth-order valence-corrected chi connectivity index (χ4v) is 1.94. The van der Waals surface area contributed by atoms with Gasteiger partial charge in [-0.3, -0.25) is 4.79 Å². The van der Waals surface area contributed by atoms with Crippen LogP contribution >= 0.6 is 12.2 Å². The monoisotopic (exact) mass is 294 g/mol. The molecule has 0 spiro atoms. The second kappa shape index (κ2) is 8.53. The van der Waals surface area contributed by atoms with E-state index in [1.807, 2.05) is 12.1 Å². The number of ether oxygens (including phenoxy) is 1. The largest absolute Gasteiger partial charge is 0.497 e. The summed E-state index contributed by atoms with van der Waals surface area (Å²) in [5.74, 6) is 0.675. The van der Waals surface area contributed by atoms with Gasteiger partial charge in [-0.05, 0) is 24.6 Å². The molecule has 0 unspecified atom stereocenters. The quantitative estimate of drug-likeness (QED) is 0.749. The lowest BCUT2D eigenvalue weighted by molar-refractivity contribution is 0.0757. The number of carbonyl (C=O) groups is 1. The van der Waals surface area contributed by atoms with Crippen molar-refractivity contribution in [1.82, 2.24) is 4.90 Å². The van der Waals surface area contributed by atoms with Crippen molar-refractivity contribution in [1.29, 1.82) is 0 Å². The number of methoxy groups -OCH3 is 1. The Morgan fingerprint density at radius 3 is 2.75 bits per heavy atom. The minimum atomic E-state index is -0.00593. The minimum Gasteiger partial charge on any atom is -0.497 e. The van der Waals surface area contributed by atoms with Crippen LogP contribution in [0.3, 0.4) is 0 Å². The van der Waals surface area contributed by atoms with Crippen LogP contribution in [0.15, 0.2) is 24.3 Å². The molecule has 0 saturated heterocycles. The van der Waals surface area contributed by atoms with Gasteiger partial charge in [-0.15, -0.1) is 0 Å². The van der Waals surface area contributed by atoms with E-state index in [2.05, 4.69) is 6.92 Å². The van der Waals surface area contributed by atoms with Gasteiger partial charge in [0.15, 0.2) is 0 Å². The van der Waals surface area contributed by atoms with E-state index in [1.165, 1.54) is 0 Å². The molecular formula is C15H22N2O2S. The Bertz CT molecular complexity index is 463. The summed E-state index contributed by atoms with van der Waals surface area (Å²) in [7, 11) is 1.59. The summed E-state index contributed by atoms with van der Waals surface area (Å²) in [6.07, 6.45) is 2.55. The number of carbonyl (C=O) groups excluding carboxylic acids is 1. The maximum absolute atomic E-state index is 12.5. The SMILES string of the molecule is CCCCN(CCC(N)=S)C(=O)c1cccc(OC)c1. The predicted octanol–water partition coefficient (Wildman–Crippen LogP) is 2.61. The highest BCUT2D eigenvalue weighted by atomic mass is 32.1. The highest BCUT2D eigenvalue weighted by Gasteiger charge is 2.15. The Labute approximate surface area is 125 Å². The van der Waals surface area contributed by atoms with Crippen molar-refractivity contribution in [3.63, 3.8) is 0 Å². The Kier molecular flexibility index (Phi) is 7.01. The zero-order valence-corrected chi connectivity index (χ0v) is 12.9. The fourth-order valence-electron chi connectivity index (χ4n) is 1.85. The average molecular weight is 294 g/mol. The Balaban J connectivity index is 2.81. The maximum atomic E-state index is 12.5. The smallest absolute Gasteiger partial charge is 0.253 e. The van der Waals surface area contributed by atoms with Gasteiger partial charge in [0.1, 0.15) is 5.75 Å². The first-order valence-electron chi connectivity index (χ1n) is 6.80. The van der Waals surface area contributed by atoms with Crippen molar-refractivity contribution in [2.75, 3.05) is 20.2 Å². The minimum absolute atomic E-state index is 0.00593. The van der Waals surface area contributed by atoms with E-state index in [0.29, 0.717) is 29.3 Å². The van der Waals surface area contributed by atoms with E-state index in [9.17, 15) is 4.79 Å². The van der Waals surface area contributed by atoms with Gasteiger partial charge >= 0.3 is 0 Å². The summed E-state index contributed by atoms with van der Waals surface area (Å²) >= 11 is 4.89. The van der Waals surface area contributed by atoms with Gasteiger partial charge in [0.25, 0.3) is 5.91 Å². The summed E-state index contributed by atoms with van der Waals surface area (Å²) in [4.78, 5) is 14.8. The molecule has 0 aliphatic rings. The van der Waals surface area contributed by atoms with Crippen molar-refractivity contribution in [3.8, 4) is 5.75 Å². The molecule has 1 aromatic rings. The van der Waals surface area contributed by atoms with Crippen LogP contribution in [0.1, 0.15) is 36.5 Å². The van der Waals surface area contributed by atoms with Crippen LogP contribution in [-0.2, 0) is 0 Å². The summed E-state index contributed by atoms with van der Waals surface area (Å²) in [5.41, 5.74) is 6.16. The average Bonchev–Trinajstić information content (AvgIpc) is 2.46. The zero-order chi connectivity index (χ0) is 15.0. The number of nitrogens with zero attached hydrogens (tertiary/aromatic N) is 1. The van der Waals surface area contributed by atoms with Crippen LogP contribution < -0.4 is 10.5 Å². The van der Waals surface area contributed by atoms with E-state index >= 15 is 0 Å². The van der Waals surface area contributed by atoms with Gasteiger partial charge in [0.05, 0.1) is 12.1 Å². The molecule has 2 N–H and O–H groups in total. The van der Waals surface area contributed by atoms with E-state index in [0.717, 1.165) is 19.4 Å². The van der Waals surface area contributed by atoms with Crippen LogP contribution in [0, 0.1) is 0 Å². The molecule has 0 saturated carbocycles. The van der Waals surface area contributed by atoms with Crippen LogP contribution in [0.25, 0.3) is 0 Å².